The number of hydrogen-bond acceptors (Lipinski definition) is 4. The van der Waals surface area contributed by atoms with Gasteiger partial charge in [0.15, 0.2) is 11.0 Å². The van der Waals surface area contributed by atoms with Crippen molar-refractivity contribution in [2.75, 3.05) is 0 Å². The molecule has 0 aliphatic heterocycles. The average molecular weight is 376 g/mol. The Balaban J connectivity index is 1.87. The van der Waals surface area contributed by atoms with Crippen LogP contribution in [0.25, 0.3) is 11.4 Å². The van der Waals surface area contributed by atoms with Crippen molar-refractivity contribution < 1.29 is 0 Å². The molecule has 24 heavy (non-hydrogen) atoms. The third-order valence-corrected chi connectivity index (χ3v) is 6.14. The molecule has 124 valence electrons. The molecule has 0 N–H and O–H groups in total. The molecule has 0 amide bonds. The number of thioether (sulfide) groups is 1. The van der Waals surface area contributed by atoms with Gasteiger partial charge in [0.1, 0.15) is 0 Å². The van der Waals surface area contributed by atoms with Crippen molar-refractivity contribution in [1.82, 2.24) is 14.8 Å². The molecule has 0 aliphatic rings. The largest absolute Gasteiger partial charge is 0.298 e. The van der Waals surface area contributed by atoms with Crippen molar-refractivity contribution in [3.05, 3.63) is 63.3 Å². The Hall–Kier alpha value is -1.56. The first-order valence-electron chi connectivity index (χ1n) is 7.56. The molecule has 1 aromatic carbocycles. The monoisotopic (exact) mass is 375 g/mol. The summed E-state index contributed by atoms with van der Waals surface area (Å²) in [5.41, 5.74) is 3.64. The molecule has 0 fully saturated rings. The summed E-state index contributed by atoms with van der Waals surface area (Å²) in [7, 11) is 0. The first kappa shape index (κ1) is 17.3. The summed E-state index contributed by atoms with van der Waals surface area (Å²) in [6.07, 6.45) is 1.88. The lowest BCUT2D eigenvalue weighted by atomic mass is 10.1. The lowest BCUT2D eigenvalue weighted by Gasteiger charge is -2.08. The third-order valence-electron chi connectivity index (χ3n) is 3.84. The van der Waals surface area contributed by atoms with Gasteiger partial charge in [-0.25, -0.2) is 0 Å². The van der Waals surface area contributed by atoms with E-state index in [0.717, 1.165) is 27.3 Å². The van der Waals surface area contributed by atoms with Gasteiger partial charge in [-0.1, -0.05) is 41.6 Å². The van der Waals surface area contributed by atoms with E-state index in [2.05, 4.69) is 40.6 Å². The van der Waals surface area contributed by atoms with E-state index in [9.17, 15) is 0 Å². The Morgan fingerprint density at radius 2 is 2.00 bits per heavy atom. The number of aromatic nitrogens is 3. The van der Waals surface area contributed by atoms with Crippen LogP contribution in [-0.4, -0.2) is 14.8 Å². The minimum Gasteiger partial charge on any atom is -0.298 e. The molecule has 0 atom stereocenters. The van der Waals surface area contributed by atoms with E-state index in [4.69, 9.17) is 11.6 Å². The quantitative estimate of drug-likeness (QED) is 0.405. The standard InChI is InChI=1S/C18H18ClN3S2/c1-4-9-22-17(16-11-23-13(3)12(16)2)20-21-18(22)24-10-14-5-7-15(19)8-6-14/h4-8,11H,1,9-10H2,2-3H3. The summed E-state index contributed by atoms with van der Waals surface area (Å²) in [6.45, 7) is 8.83. The predicted molar refractivity (Wildman–Crippen MR) is 104 cm³/mol. The van der Waals surface area contributed by atoms with E-state index < -0.39 is 0 Å². The normalized spacial score (nSPS) is 11.0. The second kappa shape index (κ2) is 7.55. The average Bonchev–Trinajstić information content (AvgIpc) is 3.12. The van der Waals surface area contributed by atoms with Gasteiger partial charge in [-0.05, 0) is 37.1 Å². The maximum Gasteiger partial charge on any atom is 0.192 e. The molecule has 3 nitrogen and oxygen atoms in total. The van der Waals surface area contributed by atoms with E-state index in [-0.39, 0.29) is 0 Å². The van der Waals surface area contributed by atoms with Gasteiger partial charge in [-0.3, -0.25) is 4.57 Å². The Morgan fingerprint density at radius 1 is 1.25 bits per heavy atom. The first-order valence-corrected chi connectivity index (χ1v) is 9.81. The highest BCUT2D eigenvalue weighted by atomic mass is 35.5. The maximum absolute atomic E-state index is 5.94. The molecule has 6 heteroatoms. The number of aryl methyl sites for hydroxylation is 1. The summed E-state index contributed by atoms with van der Waals surface area (Å²) in [6, 6.07) is 7.90. The van der Waals surface area contributed by atoms with Gasteiger partial charge in [0.05, 0.1) is 0 Å². The van der Waals surface area contributed by atoms with Crippen LogP contribution >= 0.6 is 34.7 Å². The minimum atomic E-state index is 0.694. The van der Waals surface area contributed by atoms with Crippen LogP contribution in [0.1, 0.15) is 16.0 Å². The molecule has 3 rings (SSSR count). The molecule has 0 radical (unpaired) electrons. The van der Waals surface area contributed by atoms with Gasteiger partial charge in [0.25, 0.3) is 0 Å². The zero-order valence-corrected chi connectivity index (χ0v) is 16.0. The molecule has 0 aliphatic carbocycles. The highest BCUT2D eigenvalue weighted by molar-refractivity contribution is 7.98. The van der Waals surface area contributed by atoms with Crippen LogP contribution in [0.4, 0.5) is 0 Å². The van der Waals surface area contributed by atoms with Gasteiger partial charge >= 0.3 is 0 Å². The van der Waals surface area contributed by atoms with Crippen LogP contribution in [0, 0.1) is 13.8 Å². The van der Waals surface area contributed by atoms with Gasteiger partial charge in [-0.2, -0.15) is 0 Å². The first-order chi connectivity index (χ1) is 11.6. The molecule has 0 saturated heterocycles. The van der Waals surface area contributed by atoms with E-state index in [1.807, 2.05) is 30.3 Å². The molecular formula is C18H18ClN3S2. The van der Waals surface area contributed by atoms with Gasteiger partial charge in [0.2, 0.25) is 0 Å². The number of rotatable bonds is 6. The molecule has 0 bridgehead atoms. The minimum absolute atomic E-state index is 0.694. The number of allylic oxidation sites excluding steroid dienone is 1. The molecular weight excluding hydrogens is 358 g/mol. The Labute approximate surface area is 155 Å². The van der Waals surface area contributed by atoms with Crippen LogP contribution in [0.3, 0.4) is 0 Å². The van der Waals surface area contributed by atoms with Crippen molar-refractivity contribution in [3.63, 3.8) is 0 Å². The fourth-order valence-corrected chi connectivity index (χ4v) is 4.24. The predicted octanol–water partition coefficient (Wildman–Crippen LogP) is 5.76. The van der Waals surface area contributed by atoms with E-state index in [0.29, 0.717) is 6.54 Å². The van der Waals surface area contributed by atoms with Crippen molar-refractivity contribution in [2.45, 2.75) is 31.3 Å². The SMILES string of the molecule is C=CCn1c(SCc2ccc(Cl)cc2)nnc1-c1csc(C)c1C. The highest BCUT2D eigenvalue weighted by Crippen LogP contribution is 2.32. The number of halogens is 1. The molecule has 0 spiro atoms. The maximum atomic E-state index is 5.94. The second-order valence-corrected chi connectivity index (χ2v) is 7.91. The lowest BCUT2D eigenvalue weighted by molar-refractivity contribution is 0.731. The van der Waals surface area contributed by atoms with Crippen LogP contribution in [0.15, 0.2) is 47.5 Å². The number of nitrogens with zero attached hydrogens (tertiary/aromatic N) is 3. The lowest BCUT2D eigenvalue weighted by Crippen LogP contribution is -2.01. The van der Waals surface area contributed by atoms with Crippen LogP contribution in [0.5, 0.6) is 0 Å². The van der Waals surface area contributed by atoms with Crippen molar-refractivity contribution >= 4 is 34.7 Å². The van der Waals surface area contributed by atoms with Crippen LogP contribution in [-0.2, 0) is 12.3 Å². The van der Waals surface area contributed by atoms with E-state index in [1.165, 1.54) is 16.0 Å². The Morgan fingerprint density at radius 3 is 2.62 bits per heavy atom. The molecule has 0 saturated carbocycles. The summed E-state index contributed by atoms with van der Waals surface area (Å²) in [5.74, 6) is 1.74. The molecule has 0 unspecified atom stereocenters. The molecule has 3 aromatic rings. The smallest absolute Gasteiger partial charge is 0.192 e. The van der Waals surface area contributed by atoms with Crippen molar-refractivity contribution in [1.29, 1.82) is 0 Å². The van der Waals surface area contributed by atoms with Crippen LogP contribution < -0.4 is 0 Å². The number of hydrogen-bond donors (Lipinski definition) is 0. The fraction of sp³-hybridized carbons (Fsp3) is 0.222. The zero-order valence-electron chi connectivity index (χ0n) is 13.6. The van der Waals surface area contributed by atoms with Gasteiger partial charge < -0.3 is 0 Å². The number of thiophene rings is 1. The van der Waals surface area contributed by atoms with Crippen molar-refractivity contribution in [2.24, 2.45) is 0 Å². The van der Waals surface area contributed by atoms with Crippen molar-refractivity contribution in [3.8, 4) is 11.4 Å². The summed E-state index contributed by atoms with van der Waals surface area (Å²) >= 11 is 9.36. The molecule has 2 aromatic heterocycles. The van der Waals surface area contributed by atoms with Gasteiger partial charge in [0, 0.05) is 33.1 Å². The zero-order chi connectivity index (χ0) is 17.1. The number of benzene rings is 1. The third kappa shape index (κ3) is 3.58. The van der Waals surface area contributed by atoms with Crippen LogP contribution in [0.2, 0.25) is 5.02 Å². The topological polar surface area (TPSA) is 30.7 Å². The second-order valence-electron chi connectivity index (χ2n) is 5.45. The fourth-order valence-electron chi connectivity index (χ4n) is 2.35. The van der Waals surface area contributed by atoms with Gasteiger partial charge in [-0.15, -0.1) is 28.1 Å². The Kier molecular flexibility index (Phi) is 5.43. The van der Waals surface area contributed by atoms with E-state index in [1.54, 1.807) is 23.1 Å². The summed E-state index contributed by atoms with van der Waals surface area (Å²) < 4.78 is 2.13. The Bertz CT molecular complexity index is 850. The summed E-state index contributed by atoms with van der Waals surface area (Å²) in [4.78, 5) is 1.31. The summed E-state index contributed by atoms with van der Waals surface area (Å²) in [5, 5.41) is 12.7. The molecule has 2 heterocycles. The highest BCUT2D eigenvalue weighted by Gasteiger charge is 2.17. The van der Waals surface area contributed by atoms with E-state index >= 15 is 0 Å².